The summed E-state index contributed by atoms with van der Waals surface area (Å²) in [6.07, 6.45) is 5.23. The number of hydrogen-bond acceptors (Lipinski definition) is 4. The summed E-state index contributed by atoms with van der Waals surface area (Å²) in [4.78, 5) is 12.5. The molecule has 0 aliphatic heterocycles. The molecule has 5 heteroatoms. The van der Waals surface area contributed by atoms with Gasteiger partial charge in [0.2, 0.25) is 0 Å². The van der Waals surface area contributed by atoms with E-state index in [1.165, 1.54) is 0 Å². The topological polar surface area (TPSA) is 66.6 Å². The fourth-order valence-corrected chi connectivity index (χ4v) is 1.26. The molecular formula is C11H14N2O3. The van der Waals surface area contributed by atoms with Crippen LogP contribution >= 0.6 is 0 Å². The van der Waals surface area contributed by atoms with Gasteiger partial charge in [0.15, 0.2) is 5.82 Å². The molecule has 86 valence electrons. The second-order valence-electron chi connectivity index (χ2n) is 3.62. The minimum absolute atomic E-state index is 0.309. The first kappa shape index (κ1) is 12.1. The summed E-state index contributed by atoms with van der Waals surface area (Å²) in [5.41, 5.74) is 0. The zero-order valence-electron chi connectivity index (χ0n) is 9.30. The molecule has 1 N–H and O–H groups in total. The van der Waals surface area contributed by atoms with E-state index < -0.39 is 11.9 Å². The number of rotatable bonds is 5. The maximum absolute atomic E-state index is 10.8. The van der Waals surface area contributed by atoms with E-state index in [-0.39, 0.29) is 0 Å². The van der Waals surface area contributed by atoms with Crippen molar-refractivity contribution in [3.05, 3.63) is 11.8 Å². The molecule has 0 spiro atoms. The lowest BCUT2D eigenvalue weighted by Gasteiger charge is -2.20. The third kappa shape index (κ3) is 3.02. The SMILES string of the molecule is C#CCN(CC(C)C(=O)O)c1cc(C)on1. The molecule has 0 amide bonds. The van der Waals surface area contributed by atoms with Gasteiger partial charge < -0.3 is 14.5 Å². The number of hydrogen-bond donors (Lipinski definition) is 1. The van der Waals surface area contributed by atoms with Gasteiger partial charge in [0, 0.05) is 12.6 Å². The van der Waals surface area contributed by atoms with E-state index in [0.29, 0.717) is 24.7 Å². The van der Waals surface area contributed by atoms with Gasteiger partial charge in [0.25, 0.3) is 0 Å². The van der Waals surface area contributed by atoms with Crippen LogP contribution in [-0.4, -0.2) is 29.3 Å². The molecule has 0 saturated heterocycles. The maximum Gasteiger partial charge on any atom is 0.308 e. The number of terminal acetylenes is 1. The van der Waals surface area contributed by atoms with Gasteiger partial charge in [-0.1, -0.05) is 18.0 Å². The summed E-state index contributed by atoms with van der Waals surface area (Å²) in [6, 6.07) is 1.73. The van der Waals surface area contributed by atoms with Crippen LogP contribution in [0.5, 0.6) is 0 Å². The largest absolute Gasteiger partial charge is 0.481 e. The van der Waals surface area contributed by atoms with Crippen LogP contribution in [0.3, 0.4) is 0 Å². The lowest BCUT2D eigenvalue weighted by molar-refractivity contribution is -0.140. The van der Waals surface area contributed by atoms with E-state index in [9.17, 15) is 4.79 Å². The summed E-state index contributed by atoms with van der Waals surface area (Å²) >= 11 is 0. The number of carboxylic acids is 1. The van der Waals surface area contributed by atoms with Crippen molar-refractivity contribution >= 4 is 11.8 Å². The van der Waals surface area contributed by atoms with Crippen molar-refractivity contribution in [1.29, 1.82) is 0 Å². The Bertz CT molecular complexity index is 406. The minimum atomic E-state index is -0.859. The van der Waals surface area contributed by atoms with Crippen LogP contribution in [0, 0.1) is 25.2 Å². The highest BCUT2D eigenvalue weighted by molar-refractivity contribution is 5.70. The minimum Gasteiger partial charge on any atom is -0.481 e. The predicted molar refractivity (Wildman–Crippen MR) is 59.1 cm³/mol. The number of aryl methyl sites for hydroxylation is 1. The summed E-state index contributed by atoms with van der Waals surface area (Å²) in [7, 11) is 0. The highest BCUT2D eigenvalue weighted by Crippen LogP contribution is 2.15. The van der Waals surface area contributed by atoms with Gasteiger partial charge >= 0.3 is 5.97 Å². The molecule has 1 rings (SSSR count). The van der Waals surface area contributed by atoms with Crippen molar-refractivity contribution in [2.75, 3.05) is 18.0 Å². The molecule has 1 atom stereocenters. The van der Waals surface area contributed by atoms with Crippen LogP contribution < -0.4 is 4.90 Å². The average Bonchev–Trinajstić information content (AvgIpc) is 2.64. The fourth-order valence-electron chi connectivity index (χ4n) is 1.26. The zero-order chi connectivity index (χ0) is 12.1. The van der Waals surface area contributed by atoms with E-state index in [1.54, 1.807) is 24.8 Å². The van der Waals surface area contributed by atoms with Crippen molar-refractivity contribution in [2.45, 2.75) is 13.8 Å². The molecule has 0 bridgehead atoms. The molecule has 1 heterocycles. The molecular weight excluding hydrogens is 208 g/mol. The first-order valence-electron chi connectivity index (χ1n) is 4.89. The number of aromatic nitrogens is 1. The van der Waals surface area contributed by atoms with Gasteiger partial charge in [-0.2, -0.15) is 0 Å². The molecule has 0 aliphatic rings. The van der Waals surface area contributed by atoms with Gasteiger partial charge in [0.1, 0.15) is 5.76 Å². The Morgan fingerprint density at radius 2 is 2.50 bits per heavy atom. The molecule has 0 fully saturated rings. The Balaban J connectivity index is 2.76. The molecule has 1 aromatic rings. The third-order valence-electron chi connectivity index (χ3n) is 2.14. The van der Waals surface area contributed by atoms with E-state index in [1.807, 2.05) is 0 Å². The summed E-state index contributed by atoms with van der Waals surface area (Å²) < 4.78 is 4.93. The Labute approximate surface area is 94.0 Å². The second-order valence-corrected chi connectivity index (χ2v) is 3.62. The van der Waals surface area contributed by atoms with Gasteiger partial charge in [-0.15, -0.1) is 6.42 Å². The van der Waals surface area contributed by atoms with Gasteiger partial charge in [-0.05, 0) is 6.92 Å². The highest BCUT2D eigenvalue weighted by Gasteiger charge is 2.18. The Morgan fingerprint density at radius 1 is 1.81 bits per heavy atom. The van der Waals surface area contributed by atoms with E-state index in [2.05, 4.69) is 11.1 Å². The quantitative estimate of drug-likeness (QED) is 0.757. The Morgan fingerprint density at radius 3 is 2.94 bits per heavy atom. The Kier molecular flexibility index (Phi) is 3.95. The first-order chi connectivity index (χ1) is 7.54. The van der Waals surface area contributed by atoms with Crippen molar-refractivity contribution in [1.82, 2.24) is 5.16 Å². The van der Waals surface area contributed by atoms with Crippen LogP contribution in [0.2, 0.25) is 0 Å². The predicted octanol–water partition coefficient (Wildman–Crippen LogP) is 1.14. The van der Waals surface area contributed by atoms with E-state index >= 15 is 0 Å². The van der Waals surface area contributed by atoms with Crippen molar-refractivity contribution in [2.24, 2.45) is 5.92 Å². The van der Waals surface area contributed by atoms with Crippen LogP contribution in [0.25, 0.3) is 0 Å². The fraction of sp³-hybridized carbons (Fsp3) is 0.455. The van der Waals surface area contributed by atoms with Crippen LogP contribution in [0.4, 0.5) is 5.82 Å². The van der Waals surface area contributed by atoms with Gasteiger partial charge in [-0.25, -0.2) is 0 Å². The molecule has 1 unspecified atom stereocenters. The maximum atomic E-state index is 10.8. The zero-order valence-corrected chi connectivity index (χ0v) is 9.30. The molecule has 0 saturated carbocycles. The lowest BCUT2D eigenvalue weighted by Crippen LogP contribution is -2.32. The van der Waals surface area contributed by atoms with E-state index in [4.69, 9.17) is 16.1 Å². The number of carboxylic acid groups (broad SMARTS) is 1. The van der Waals surface area contributed by atoms with Crippen LogP contribution in [0.1, 0.15) is 12.7 Å². The molecule has 5 nitrogen and oxygen atoms in total. The number of aliphatic carboxylic acids is 1. The highest BCUT2D eigenvalue weighted by atomic mass is 16.5. The molecule has 16 heavy (non-hydrogen) atoms. The lowest BCUT2D eigenvalue weighted by atomic mass is 10.1. The average molecular weight is 222 g/mol. The van der Waals surface area contributed by atoms with Crippen LogP contribution in [0.15, 0.2) is 10.6 Å². The van der Waals surface area contributed by atoms with Crippen LogP contribution in [-0.2, 0) is 4.79 Å². The van der Waals surface area contributed by atoms with Crippen molar-refractivity contribution in [3.63, 3.8) is 0 Å². The smallest absolute Gasteiger partial charge is 0.308 e. The second kappa shape index (κ2) is 5.21. The summed E-state index contributed by atoms with van der Waals surface area (Å²) in [6.45, 7) is 4.01. The number of anilines is 1. The number of carbonyl (C=O) groups is 1. The summed E-state index contributed by atoms with van der Waals surface area (Å²) in [5, 5.41) is 12.6. The third-order valence-corrected chi connectivity index (χ3v) is 2.14. The molecule has 0 aromatic carbocycles. The Hall–Kier alpha value is -1.96. The molecule has 1 aromatic heterocycles. The normalized spacial score (nSPS) is 11.8. The summed E-state index contributed by atoms with van der Waals surface area (Å²) in [5.74, 6) is 2.34. The monoisotopic (exact) mass is 222 g/mol. The van der Waals surface area contributed by atoms with Crippen molar-refractivity contribution < 1.29 is 14.4 Å². The van der Waals surface area contributed by atoms with E-state index in [0.717, 1.165) is 0 Å². The first-order valence-corrected chi connectivity index (χ1v) is 4.89. The van der Waals surface area contributed by atoms with Gasteiger partial charge in [-0.3, -0.25) is 4.79 Å². The van der Waals surface area contributed by atoms with Gasteiger partial charge in [0.05, 0.1) is 12.5 Å². The molecule has 0 radical (unpaired) electrons. The van der Waals surface area contributed by atoms with Crippen molar-refractivity contribution in [3.8, 4) is 12.3 Å². The standard InChI is InChI=1S/C11H14N2O3/c1-4-5-13(7-8(2)11(14)15)10-6-9(3)16-12-10/h1,6,8H,5,7H2,2-3H3,(H,14,15). The number of nitrogens with zero attached hydrogens (tertiary/aromatic N) is 2. The molecule has 0 aliphatic carbocycles.